The van der Waals surface area contributed by atoms with Gasteiger partial charge in [0, 0.05) is 22.2 Å². The van der Waals surface area contributed by atoms with E-state index in [1.807, 2.05) is 74.5 Å². The highest BCUT2D eigenvalue weighted by molar-refractivity contribution is 8.00. The molecule has 1 aromatic heterocycles. The Balaban J connectivity index is 1.50. The van der Waals surface area contributed by atoms with Crippen LogP contribution in [0.25, 0.3) is 20.8 Å². The monoisotopic (exact) mass is 461 g/mol. The van der Waals surface area contributed by atoms with Gasteiger partial charge in [0.2, 0.25) is 5.91 Å². The maximum Gasteiger partial charge on any atom is 0.256 e. The third kappa shape index (κ3) is 5.36. The molecule has 0 radical (unpaired) electrons. The number of nitrogens with one attached hydrogen (secondary N) is 2. The molecule has 4 rings (SSSR count). The molecule has 4 aromatic rings. The van der Waals surface area contributed by atoms with Gasteiger partial charge in [-0.15, -0.1) is 23.1 Å². The van der Waals surface area contributed by atoms with Crippen LogP contribution in [0.4, 0.5) is 5.69 Å². The van der Waals surface area contributed by atoms with Crippen molar-refractivity contribution in [3.63, 3.8) is 0 Å². The smallest absolute Gasteiger partial charge is 0.256 e. The predicted octanol–water partition coefficient (Wildman–Crippen LogP) is 5.83. The van der Waals surface area contributed by atoms with Crippen molar-refractivity contribution < 1.29 is 9.59 Å². The Kier molecular flexibility index (Phi) is 6.87. The van der Waals surface area contributed by atoms with E-state index in [4.69, 9.17) is 4.98 Å². The Bertz CT molecular complexity index is 1230. The van der Waals surface area contributed by atoms with E-state index < -0.39 is 0 Å². The molecular formula is C25H23N3O2S2. The minimum Gasteiger partial charge on any atom is -0.353 e. The molecule has 0 atom stereocenters. The van der Waals surface area contributed by atoms with Crippen molar-refractivity contribution in [3.8, 4) is 10.6 Å². The number of hydrogen-bond donors (Lipinski definition) is 2. The highest BCUT2D eigenvalue weighted by Gasteiger charge is 2.14. The molecule has 0 spiro atoms. The second kappa shape index (κ2) is 9.97. The first-order valence-corrected chi connectivity index (χ1v) is 12.1. The predicted molar refractivity (Wildman–Crippen MR) is 133 cm³/mol. The molecule has 5 nitrogen and oxygen atoms in total. The molecule has 0 aliphatic carbocycles. The number of hydrogen-bond acceptors (Lipinski definition) is 5. The standard InChI is InChI=1S/C25H23N3O2S2/c1-16(2)26-23(29)15-31-21-12-5-3-10-19(21)24(30)27-18-9-7-8-17(14-18)25-28-20-11-4-6-13-22(20)32-25/h3-14,16H,15H2,1-2H3,(H,26,29)(H,27,30). The Labute approximate surface area is 195 Å². The zero-order valence-electron chi connectivity index (χ0n) is 17.8. The Morgan fingerprint density at radius 3 is 2.59 bits per heavy atom. The summed E-state index contributed by atoms with van der Waals surface area (Å²) in [5, 5.41) is 6.77. The van der Waals surface area contributed by atoms with Crippen LogP contribution in [0.2, 0.25) is 0 Å². The number of nitrogens with zero attached hydrogens (tertiary/aromatic N) is 1. The summed E-state index contributed by atoms with van der Waals surface area (Å²) in [6, 6.07) is 23.1. The number of aromatic nitrogens is 1. The van der Waals surface area contributed by atoms with Gasteiger partial charge in [0.15, 0.2) is 0 Å². The van der Waals surface area contributed by atoms with Crippen LogP contribution in [0, 0.1) is 0 Å². The number of para-hydroxylation sites is 1. The first kappa shape index (κ1) is 22.0. The number of amides is 2. The summed E-state index contributed by atoms with van der Waals surface area (Å²) in [5.74, 6) is -0.00202. The van der Waals surface area contributed by atoms with Crippen molar-refractivity contribution in [1.29, 1.82) is 0 Å². The van der Waals surface area contributed by atoms with Crippen LogP contribution in [0.15, 0.2) is 77.7 Å². The maximum atomic E-state index is 13.0. The lowest BCUT2D eigenvalue weighted by atomic mass is 10.1. The average Bonchev–Trinajstić information content (AvgIpc) is 3.22. The topological polar surface area (TPSA) is 71.1 Å². The van der Waals surface area contributed by atoms with Crippen molar-refractivity contribution in [2.45, 2.75) is 24.8 Å². The van der Waals surface area contributed by atoms with Crippen molar-refractivity contribution in [2.75, 3.05) is 11.1 Å². The third-order valence-corrected chi connectivity index (χ3v) is 6.76. The van der Waals surface area contributed by atoms with Gasteiger partial charge in [0.05, 0.1) is 21.5 Å². The molecular weight excluding hydrogens is 438 g/mol. The highest BCUT2D eigenvalue weighted by Crippen LogP contribution is 2.31. The van der Waals surface area contributed by atoms with Gasteiger partial charge in [0.1, 0.15) is 5.01 Å². The summed E-state index contributed by atoms with van der Waals surface area (Å²) < 4.78 is 1.13. The zero-order chi connectivity index (χ0) is 22.5. The van der Waals surface area contributed by atoms with Gasteiger partial charge < -0.3 is 10.6 Å². The molecule has 0 bridgehead atoms. The molecule has 2 amide bonds. The average molecular weight is 462 g/mol. The zero-order valence-corrected chi connectivity index (χ0v) is 19.4. The van der Waals surface area contributed by atoms with E-state index in [9.17, 15) is 9.59 Å². The molecule has 0 aliphatic rings. The number of rotatable bonds is 7. The molecule has 0 saturated carbocycles. The number of carbonyl (C=O) groups is 2. The number of anilines is 1. The minimum absolute atomic E-state index is 0.0521. The summed E-state index contributed by atoms with van der Waals surface area (Å²) in [6.07, 6.45) is 0. The molecule has 2 N–H and O–H groups in total. The lowest BCUT2D eigenvalue weighted by Crippen LogP contribution is -2.31. The van der Waals surface area contributed by atoms with Crippen LogP contribution in [0.1, 0.15) is 24.2 Å². The van der Waals surface area contributed by atoms with Gasteiger partial charge >= 0.3 is 0 Å². The number of thioether (sulfide) groups is 1. The fourth-order valence-corrected chi connectivity index (χ4v) is 5.03. The fourth-order valence-electron chi connectivity index (χ4n) is 3.21. The quantitative estimate of drug-likeness (QED) is 0.340. The number of benzene rings is 3. The van der Waals surface area contributed by atoms with E-state index in [1.54, 1.807) is 17.4 Å². The summed E-state index contributed by atoms with van der Waals surface area (Å²) in [5.41, 5.74) is 3.16. The third-order valence-electron chi connectivity index (χ3n) is 4.60. The lowest BCUT2D eigenvalue weighted by Gasteiger charge is -2.11. The van der Waals surface area contributed by atoms with Crippen molar-refractivity contribution in [2.24, 2.45) is 0 Å². The lowest BCUT2D eigenvalue weighted by molar-refractivity contribution is -0.119. The van der Waals surface area contributed by atoms with E-state index in [1.165, 1.54) is 11.8 Å². The van der Waals surface area contributed by atoms with Crippen LogP contribution in [0.5, 0.6) is 0 Å². The normalized spacial score (nSPS) is 11.0. The van der Waals surface area contributed by atoms with E-state index in [0.717, 1.165) is 25.7 Å². The van der Waals surface area contributed by atoms with Crippen molar-refractivity contribution >= 4 is 50.8 Å². The van der Waals surface area contributed by atoms with Gasteiger partial charge in [-0.2, -0.15) is 0 Å². The van der Waals surface area contributed by atoms with Crippen molar-refractivity contribution in [3.05, 3.63) is 78.4 Å². The van der Waals surface area contributed by atoms with Gasteiger partial charge in [-0.3, -0.25) is 9.59 Å². The molecule has 32 heavy (non-hydrogen) atoms. The Morgan fingerprint density at radius 1 is 1.00 bits per heavy atom. The minimum atomic E-state index is -0.209. The summed E-state index contributed by atoms with van der Waals surface area (Å²) in [7, 11) is 0. The number of carbonyl (C=O) groups excluding carboxylic acids is 2. The van der Waals surface area contributed by atoms with Crippen LogP contribution in [-0.4, -0.2) is 28.6 Å². The van der Waals surface area contributed by atoms with E-state index >= 15 is 0 Å². The van der Waals surface area contributed by atoms with Crippen LogP contribution < -0.4 is 10.6 Å². The van der Waals surface area contributed by atoms with E-state index in [2.05, 4.69) is 16.7 Å². The van der Waals surface area contributed by atoms with Gasteiger partial charge in [-0.05, 0) is 50.2 Å². The molecule has 7 heteroatoms. The molecule has 3 aromatic carbocycles. The summed E-state index contributed by atoms with van der Waals surface area (Å²) in [6.45, 7) is 3.85. The number of thiazole rings is 1. The van der Waals surface area contributed by atoms with E-state index in [-0.39, 0.29) is 23.6 Å². The van der Waals surface area contributed by atoms with Gasteiger partial charge in [-0.25, -0.2) is 4.98 Å². The SMILES string of the molecule is CC(C)NC(=O)CSc1ccccc1C(=O)Nc1cccc(-c2nc3ccccc3s2)c1. The molecule has 0 unspecified atom stereocenters. The second-order valence-corrected chi connectivity index (χ2v) is 9.58. The first-order valence-electron chi connectivity index (χ1n) is 10.3. The van der Waals surface area contributed by atoms with Crippen LogP contribution >= 0.6 is 23.1 Å². The summed E-state index contributed by atoms with van der Waals surface area (Å²) in [4.78, 5) is 30.5. The fraction of sp³-hybridized carbons (Fsp3) is 0.160. The Morgan fingerprint density at radius 2 is 1.78 bits per heavy atom. The van der Waals surface area contributed by atoms with Crippen LogP contribution in [0.3, 0.4) is 0 Å². The number of fused-ring (bicyclic) bond motifs is 1. The first-order chi connectivity index (χ1) is 15.5. The summed E-state index contributed by atoms with van der Waals surface area (Å²) >= 11 is 2.98. The molecule has 0 saturated heterocycles. The molecule has 1 heterocycles. The molecule has 162 valence electrons. The van der Waals surface area contributed by atoms with Gasteiger partial charge in [0.25, 0.3) is 5.91 Å². The van der Waals surface area contributed by atoms with Crippen molar-refractivity contribution in [1.82, 2.24) is 10.3 Å². The highest BCUT2D eigenvalue weighted by atomic mass is 32.2. The Hall–Kier alpha value is -3.16. The van der Waals surface area contributed by atoms with E-state index in [0.29, 0.717) is 11.3 Å². The molecule has 0 aliphatic heterocycles. The van der Waals surface area contributed by atoms with Crippen LogP contribution in [-0.2, 0) is 4.79 Å². The largest absolute Gasteiger partial charge is 0.353 e. The second-order valence-electron chi connectivity index (χ2n) is 7.53. The van der Waals surface area contributed by atoms with Gasteiger partial charge in [-0.1, -0.05) is 36.4 Å². The maximum absolute atomic E-state index is 13.0. The molecule has 0 fully saturated rings.